The number of ether oxygens (including phenoxy) is 7. The normalized spacial score (nSPS) is 40.3. The minimum absolute atomic E-state index is 0.0290. The lowest BCUT2D eigenvalue weighted by Gasteiger charge is -2.50. The molecule has 2 aliphatic heterocycles. The van der Waals surface area contributed by atoms with Crippen LogP contribution in [0.4, 0.5) is 4.79 Å². The van der Waals surface area contributed by atoms with Gasteiger partial charge in [-0.05, 0) is 96.9 Å². The number of alkyl carbamates (subject to hydrolysis) is 1. The number of nitrogens with one attached hydrogen (secondary N) is 1. The number of methoxy groups -OCH3 is 2. The van der Waals surface area contributed by atoms with Crippen molar-refractivity contribution in [3.05, 3.63) is 24.7 Å². The van der Waals surface area contributed by atoms with Crippen molar-refractivity contribution in [1.29, 1.82) is 0 Å². The van der Waals surface area contributed by atoms with Crippen molar-refractivity contribution >= 4 is 34.6 Å². The van der Waals surface area contributed by atoms with Crippen LogP contribution in [0, 0.1) is 40.9 Å². The Morgan fingerprint density at radius 3 is 2.30 bits per heavy atom. The average molecular weight is 984 g/mol. The average Bonchev–Trinajstić information content (AvgIpc) is 3.88. The fourth-order valence-corrected chi connectivity index (χ4v) is 12.7. The van der Waals surface area contributed by atoms with Gasteiger partial charge in [-0.15, -0.1) is 0 Å². The number of Topliss-reactive ketones (excluding diaryl/α,β-unsaturated/α-hetero) is 3. The SMILES string of the molecule is CC[C@H]1CC(=O)[C@H](C)[C@@H](O[C@H]2C[C@@](C)(OC)[C@@H](OC(=O)NCCCCn3cnc4cccnc43)[C@H](C)O2)[C@H](C)[C@@H](O[C@@H]2O[C@H](C)C[C@H](N(C)C)[C@H]2O)[C@](C)(OC)C[C@@H](C)C(=O)[C@H](C)[C@H]2CC(=O)C[C@]12C. The molecule has 4 heterocycles. The number of amides is 1. The molecule has 4 aliphatic rings. The Kier molecular flexibility index (Phi) is 18.5. The molecule has 2 saturated carbocycles. The van der Waals surface area contributed by atoms with Gasteiger partial charge in [0.25, 0.3) is 0 Å². The van der Waals surface area contributed by atoms with Gasteiger partial charge < -0.3 is 53.0 Å². The molecule has 0 bridgehead atoms. The first-order chi connectivity index (χ1) is 33.0. The fraction of sp³-hybridized carbons (Fsp3) is 0.811. The van der Waals surface area contributed by atoms with Crippen molar-refractivity contribution < 1.29 is 57.4 Å². The van der Waals surface area contributed by atoms with Crippen LogP contribution < -0.4 is 5.32 Å². The molecule has 6 rings (SSSR count). The number of fused-ring (bicyclic) bond motifs is 2. The Balaban J connectivity index is 1.27. The number of likely N-dealkylation sites (N-methyl/N-ethyl adjacent to an activating group) is 1. The molecule has 0 radical (unpaired) electrons. The van der Waals surface area contributed by atoms with Crippen LogP contribution in [-0.4, -0.2) is 149 Å². The highest BCUT2D eigenvalue weighted by atomic mass is 16.7. The van der Waals surface area contributed by atoms with Crippen LogP contribution in [0.2, 0.25) is 0 Å². The molecule has 394 valence electrons. The van der Waals surface area contributed by atoms with Gasteiger partial charge in [0.05, 0.1) is 36.3 Å². The van der Waals surface area contributed by atoms with Crippen LogP contribution in [0.1, 0.15) is 127 Å². The van der Waals surface area contributed by atoms with Crippen molar-refractivity contribution in [2.24, 2.45) is 40.9 Å². The number of rotatable bonds is 14. The minimum atomic E-state index is -1.18. The summed E-state index contributed by atoms with van der Waals surface area (Å²) in [6.45, 7) is 20.4. The number of hydrogen-bond acceptors (Lipinski definition) is 15. The number of carbonyl (C=O) groups excluding carboxylic acids is 4. The summed E-state index contributed by atoms with van der Waals surface area (Å²) in [5.41, 5.74) is -1.16. The van der Waals surface area contributed by atoms with E-state index >= 15 is 4.79 Å². The summed E-state index contributed by atoms with van der Waals surface area (Å²) < 4.78 is 47.9. The molecule has 0 unspecified atom stereocenters. The molecular formula is C53H85N5O12. The van der Waals surface area contributed by atoms with Crippen molar-refractivity contribution in [3.8, 4) is 0 Å². The maximum Gasteiger partial charge on any atom is 0.407 e. The van der Waals surface area contributed by atoms with E-state index in [0.29, 0.717) is 45.2 Å². The molecule has 1 amide bonds. The van der Waals surface area contributed by atoms with Crippen molar-refractivity contribution in [3.63, 3.8) is 0 Å². The third kappa shape index (κ3) is 12.0. The molecular weight excluding hydrogens is 899 g/mol. The van der Waals surface area contributed by atoms with Gasteiger partial charge in [0.15, 0.2) is 24.3 Å². The van der Waals surface area contributed by atoms with Gasteiger partial charge in [-0.25, -0.2) is 14.8 Å². The number of aliphatic hydroxyl groups excluding tert-OH is 1. The van der Waals surface area contributed by atoms with Gasteiger partial charge >= 0.3 is 6.09 Å². The highest BCUT2D eigenvalue weighted by Crippen LogP contribution is 2.54. The second-order valence-electron chi connectivity index (χ2n) is 22.2. The zero-order valence-electron chi connectivity index (χ0n) is 44.5. The van der Waals surface area contributed by atoms with Crippen LogP contribution in [0.15, 0.2) is 24.7 Å². The molecule has 17 heteroatoms. The lowest BCUT2D eigenvalue weighted by Crippen LogP contribution is -2.61. The predicted molar refractivity (Wildman–Crippen MR) is 263 cm³/mol. The number of carbonyl (C=O) groups is 4. The highest BCUT2D eigenvalue weighted by molar-refractivity contribution is 5.87. The summed E-state index contributed by atoms with van der Waals surface area (Å²) in [6, 6.07) is 3.51. The predicted octanol–water partition coefficient (Wildman–Crippen LogP) is 6.94. The van der Waals surface area contributed by atoms with E-state index < -0.39 is 89.5 Å². The van der Waals surface area contributed by atoms with Gasteiger partial charge in [-0.2, -0.15) is 0 Å². The smallest absolute Gasteiger partial charge is 0.407 e. The molecule has 70 heavy (non-hydrogen) atoms. The number of aromatic nitrogens is 3. The molecule has 2 aromatic heterocycles. The number of unbranched alkanes of at least 4 members (excludes halogenated alkanes) is 1. The quantitative estimate of drug-likeness (QED) is 0.185. The Morgan fingerprint density at radius 2 is 1.63 bits per heavy atom. The summed E-state index contributed by atoms with van der Waals surface area (Å²) in [6.07, 6.45) is 0.232. The number of aryl methyl sites for hydroxylation is 1. The molecule has 2 aliphatic carbocycles. The van der Waals surface area contributed by atoms with Crippen LogP contribution in [-0.2, 0) is 54.1 Å². The van der Waals surface area contributed by atoms with Crippen LogP contribution in [0.3, 0.4) is 0 Å². The van der Waals surface area contributed by atoms with E-state index in [1.807, 2.05) is 91.1 Å². The van der Waals surface area contributed by atoms with E-state index in [1.165, 1.54) is 0 Å². The third-order valence-electron chi connectivity index (χ3n) is 17.1. The molecule has 2 N–H and O–H groups in total. The number of imidazole rings is 1. The van der Waals surface area contributed by atoms with Crippen LogP contribution >= 0.6 is 0 Å². The lowest BCUT2D eigenvalue weighted by molar-refractivity contribution is -0.318. The largest absolute Gasteiger partial charge is 0.440 e. The van der Waals surface area contributed by atoms with E-state index in [1.54, 1.807) is 26.7 Å². The number of ketones is 3. The summed E-state index contributed by atoms with van der Waals surface area (Å²) in [5.74, 6) is -2.62. The van der Waals surface area contributed by atoms with Crippen molar-refractivity contribution in [2.75, 3.05) is 34.9 Å². The second-order valence-corrected chi connectivity index (χ2v) is 22.2. The van der Waals surface area contributed by atoms with E-state index in [-0.39, 0.29) is 60.6 Å². The van der Waals surface area contributed by atoms with E-state index in [4.69, 9.17) is 33.2 Å². The number of pyridine rings is 1. The lowest BCUT2D eigenvalue weighted by atomic mass is 9.61. The number of aliphatic hydroxyl groups is 1. The van der Waals surface area contributed by atoms with Gasteiger partial charge in [-0.1, -0.05) is 48.0 Å². The monoisotopic (exact) mass is 984 g/mol. The van der Waals surface area contributed by atoms with Gasteiger partial charge in [0, 0.05) is 88.9 Å². The van der Waals surface area contributed by atoms with Crippen LogP contribution in [0.5, 0.6) is 0 Å². The van der Waals surface area contributed by atoms with E-state index in [2.05, 4.69) is 29.1 Å². The van der Waals surface area contributed by atoms with E-state index in [0.717, 1.165) is 17.6 Å². The summed E-state index contributed by atoms with van der Waals surface area (Å²) in [7, 11) is 6.98. The molecule has 2 saturated heterocycles. The Bertz CT molecular complexity index is 2100. The molecule has 2 aromatic rings. The minimum Gasteiger partial charge on any atom is -0.440 e. The molecule has 0 spiro atoms. The Labute approximate surface area is 416 Å². The number of nitrogens with zero attached hydrogens (tertiary/aromatic N) is 4. The first-order valence-electron chi connectivity index (χ1n) is 25.9. The van der Waals surface area contributed by atoms with Crippen molar-refractivity contribution in [1.82, 2.24) is 24.8 Å². The standard InChI is InChI=1S/C53H85N5O12/c1-15-36-24-41(60)33(5)45(68-42-28-53(10,65-14)47(35(7)67-42)70-50(63)55-20-16-17-22-58-29-56-39-19-18-21-54-48(39)58)34(6)46(69-49-44(62)40(57(11)12)23-31(3)66-49)52(9,64-13)26-30(2)43(61)32(4)38-25-37(59)27-51(36,38)8/h18-19,21,29-36,38,40,42,44-47,49,62H,15-17,20,22-28H2,1-14H3,(H,55,63)/t30-,31-,32-,33+,34+,35+,36+,38-,40+,42+,44-,45-,46-,47+,49+,51-,52-,53-/m1/s1. The van der Waals surface area contributed by atoms with Gasteiger partial charge in [0.2, 0.25) is 0 Å². The maximum atomic E-state index is 15.1. The Morgan fingerprint density at radius 1 is 0.929 bits per heavy atom. The topological polar surface area (TPSA) is 199 Å². The fourth-order valence-electron chi connectivity index (χ4n) is 12.7. The molecule has 17 nitrogen and oxygen atoms in total. The molecule has 0 aromatic carbocycles. The summed E-state index contributed by atoms with van der Waals surface area (Å²) in [4.78, 5) is 67.3. The van der Waals surface area contributed by atoms with Gasteiger partial charge in [0.1, 0.15) is 34.6 Å². The first kappa shape index (κ1) is 55.9. The van der Waals surface area contributed by atoms with Crippen LogP contribution in [0.25, 0.3) is 11.2 Å². The number of hydrogen-bond donors (Lipinski definition) is 2. The van der Waals surface area contributed by atoms with Gasteiger partial charge in [-0.3, -0.25) is 14.4 Å². The Hall–Kier alpha value is -3.42. The first-order valence-corrected chi connectivity index (χ1v) is 25.9. The maximum absolute atomic E-state index is 15.1. The summed E-state index contributed by atoms with van der Waals surface area (Å²) in [5, 5.41) is 14.7. The zero-order chi connectivity index (χ0) is 51.5. The van der Waals surface area contributed by atoms with Crippen molar-refractivity contribution in [2.45, 2.75) is 200 Å². The van der Waals surface area contributed by atoms with E-state index in [9.17, 15) is 19.5 Å². The second kappa shape index (κ2) is 23.2. The highest BCUT2D eigenvalue weighted by Gasteiger charge is 2.56. The summed E-state index contributed by atoms with van der Waals surface area (Å²) >= 11 is 0. The molecule has 4 fully saturated rings. The third-order valence-corrected chi connectivity index (χ3v) is 17.1. The molecule has 18 atom stereocenters. The zero-order valence-corrected chi connectivity index (χ0v) is 44.5.